The van der Waals surface area contributed by atoms with Gasteiger partial charge in [0.25, 0.3) is 0 Å². The summed E-state index contributed by atoms with van der Waals surface area (Å²) in [5.74, 6) is -1.27. The second kappa shape index (κ2) is 5.17. The van der Waals surface area contributed by atoms with Crippen molar-refractivity contribution in [2.45, 2.75) is 12.6 Å². The Morgan fingerprint density at radius 2 is 1.74 bits per heavy atom. The fourth-order valence-electron chi connectivity index (χ4n) is 1.69. The monoisotopic (exact) mass is 289 g/mol. The van der Waals surface area contributed by atoms with Crippen LogP contribution in [-0.2, 0) is 12.6 Å². The summed E-state index contributed by atoms with van der Waals surface area (Å²) in [7, 11) is 0. The van der Waals surface area contributed by atoms with Crippen LogP contribution in [0, 0.1) is 5.82 Å². The summed E-state index contributed by atoms with van der Waals surface area (Å²) in [4.78, 5) is 3.78. The molecule has 0 saturated carbocycles. The van der Waals surface area contributed by atoms with Crippen molar-refractivity contribution in [2.75, 3.05) is 0 Å². The normalized spacial score (nSPS) is 11.6. The van der Waals surface area contributed by atoms with E-state index in [0.717, 1.165) is 12.1 Å². The summed E-state index contributed by atoms with van der Waals surface area (Å²) < 4.78 is 50.8. The van der Waals surface area contributed by atoms with Crippen LogP contribution >= 0.6 is 11.6 Å². The minimum atomic E-state index is -4.70. The van der Waals surface area contributed by atoms with E-state index in [0.29, 0.717) is 11.1 Å². The number of aromatic nitrogens is 1. The number of hydrogen-bond acceptors (Lipinski definition) is 1. The number of pyridine rings is 1. The van der Waals surface area contributed by atoms with E-state index in [9.17, 15) is 17.6 Å². The van der Waals surface area contributed by atoms with Crippen LogP contribution < -0.4 is 0 Å². The molecule has 0 amide bonds. The van der Waals surface area contributed by atoms with Gasteiger partial charge in [-0.15, -0.1) is 0 Å². The molecule has 2 rings (SSSR count). The highest BCUT2D eigenvalue weighted by molar-refractivity contribution is 6.29. The minimum absolute atomic E-state index is 0.228. The van der Waals surface area contributed by atoms with Crippen LogP contribution in [0.15, 0.2) is 36.5 Å². The molecule has 0 unspecified atom stereocenters. The second-order valence-electron chi connectivity index (χ2n) is 3.98. The van der Waals surface area contributed by atoms with E-state index >= 15 is 0 Å². The first kappa shape index (κ1) is 13.8. The first-order valence-electron chi connectivity index (χ1n) is 5.32. The van der Waals surface area contributed by atoms with Crippen LogP contribution in [0.25, 0.3) is 0 Å². The van der Waals surface area contributed by atoms with Gasteiger partial charge in [-0.2, -0.15) is 13.2 Å². The Labute approximate surface area is 111 Å². The van der Waals surface area contributed by atoms with Gasteiger partial charge in [-0.1, -0.05) is 17.7 Å². The van der Waals surface area contributed by atoms with Crippen molar-refractivity contribution in [1.82, 2.24) is 4.98 Å². The molecule has 19 heavy (non-hydrogen) atoms. The predicted molar refractivity (Wildman–Crippen MR) is 63.5 cm³/mol. The highest BCUT2D eigenvalue weighted by atomic mass is 35.5. The molecular formula is C13H8ClF4N. The third-order valence-electron chi connectivity index (χ3n) is 2.54. The van der Waals surface area contributed by atoms with Gasteiger partial charge >= 0.3 is 6.18 Å². The second-order valence-corrected chi connectivity index (χ2v) is 4.36. The average molecular weight is 290 g/mol. The highest BCUT2D eigenvalue weighted by Gasteiger charge is 2.34. The molecule has 2 aromatic rings. The van der Waals surface area contributed by atoms with E-state index in [-0.39, 0.29) is 11.6 Å². The molecule has 0 radical (unpaired) electrons. The van der Waals surface area contributed by atoms with Gasteiger partial charge in [-0.05, 0) is 41.8 Å². The van der Waals surface area contributed by atoms with Crippen LogP contribution in [-0.4, -0.2) is 4.98 Å². The van der Waals surface area contributed by atoms with Gasteiger partial charge in [0.05, 0.1) is 5.56 Å². The maximum atomic E-state index is 13.1. The summed E-state index contributed by atoms with van der Waals surface area (Å²) in [6, 6.07) is 6.14. The molecule has 0 aliphatic carbocycles. The van der Waals surface area contributed by atoms with Gasteiger partial charge in [-0.3, -0.25) is 0 Å². The van der Waals surface area contributed by atoms with Gasteiger partial charge in [0, 0.05) is 6.20 Å². The maximum absolute atomic E-state index is 13.1. The molecule has 1 aromatic carbocycles. The zero-order valence-electron chi connectivity index (χ0n) is 9.51. The Morgan fingerprint density at radius 3 is 2.37 bits per heavy atom. The molecule has 100 valence electrons. The lowest BCUT2D eigenvalue weighted by Gasteiger charge is -2.10. The molecular weight excluding hydrogens is 282 g/mol. The Hall–Kier alpha value is -1.62. The van der Waals surface area contributed by atoms with E-state index < -0.39 is 17.6 Å². The summed E-state index contributed by atoms with van der Waals surface area (Å²) in [6.07, 6.45) is -3.01. The number of nitrogens with zero attached hydrogens (tertiary/aromatic N) is 1. The van der Waals surface area contributed by atoms with Crippen LogP contribution in [0.3, 0.4) is 0 Å². The number of halogens is 5. The van der Waals surface area contributed by atoms with Gasteiger partial charge in [0.1, 0.15) is 11.0 Å². The summed E-state index contributed by atoms with van der Waals surface area (Å²) in [6.45, 7) is 0. The molecule has 0 aliphatic rings. The quantitative estimate of drug-likeness (QED) is 0.586. The molecule has 1 nitrogen and oxygen atoms in total. The Bertz CT molecular complexity index is 595. The van der Waals surface area contributed by atoms with Crippen molar-refractivity contribution >= 4 is 11.6 Å². The van der Waals surface area contributed by atoms with E-state index in [1.54, 1.807) is 12.1 Å². The number of hydrogen-bond donors (Lipinski definition) is 0. The summed E-state index contributed by atoms with van der Waals surface area (Å²) in [5.41, 5.74) is -0.194. The molecule has 0 N–H and O–H groups in total. The third kappa shape index (κ3) is 3.44. The largest absolute Gasteiger partial charge is 0.419 e. The molecule has 1 aromatic heterocycles. The van der Waals surface area contributed by atoms with E-state index in [4.69, 9.17) is 11.6 Å². The van der Waals surface area contributed by atoms with Crippen molar-refractivity contribution in [1.29, 1.82) is 0 Å². The average Bonchev–Trinajstić information content (AvgIpc) is 2.30. The Morgan fingerprint density at radius 1 is 1.05 bits per heavy atom. The number of alkyl halides is 3. The third-order valence-corrected chi connectivity index (χ3v) is 2.74. The first-order valence-corrected chi connectivity index (χ1v) is 5.70. The van der Waals surface area contributed by atoms with E-state index in [2.05, 4.69) is 4.98 Å². The van der Waals surface area contributed by atoms with E-state index in [1.165, 1.54) is 12.3 Å². The molecule has 0 spiro atoms. The smallest absolute Gasteiger partial charge is 0.245 e. The van der Waals surface area contributed by atoms with Crippen LogP contribution in [0.5, 0.6) is 0 Å². The van der Waals surface area contributed by atoms with Crippen molar-refractivity contribution in [3.05, 3.63) is 64.2 Å². The standard InChI is InChI=1S/C13H8ClF4N/c14-12-7-9(3-4-19-12)5-8-1-2-11(15)10(6-8)13(16,17)18/h1-4,6-7H,5H2. The molecule has 6 heteroatoms. The lowest BCUT2D eigenvalue weighted by Crippen LogP contribution is -2.08. The van der Waals surface area contributed by atoms with Gasteiger partial charge in [0.2, 0.25) is 0 Å². The predicted octanol–water partition coefficient (Wildman–Crippen LogP) is 4.48. The van der Waals surface area contributed by atoms with Crippen molar-refractivity contribution in [3.8, 4) is 0 Å². The summed E-state index contributed by atoms with van der Waals surface area (Å²) >= 11 is 5.69. The molecule has 1 heterocycles. The molecule has 0 saturated heterocycles. The summed E-state index contributed by atoms with van der Waals surface area (Å²) in [5, 5.41) is 0.260. The SMILES string of the molecule is Fc1ccc(Cc2ccnc(Cl)c2)cc1C(F)(F)F. The number of rotatable bonds is 2. The van der Waals surface area contributed by atoms with Crippen LogP contribution in [0.1, 0.15) is 16.7 Å². The Kier molecular flexibility index (Phi) is 3.75. The topological polar surface area (TPSA) is 12.9 Å². The van der Waals surface area contributed by atoms with Gasteiger partial charge < -0.3 is 0 Å². The highest BCUT2D eigenvalue weighted by Crippen LogP contribution is 2.32. The number of benzene rings is 1. The first-order chi connectivity index (χ1) is 8.86. The minimum Gasteiger partial charge on any atom is -0.245 e. The fourth-order valence-corrected chi connectivity index (χ4v) is 1.88. The van der Waals surface area contributed by atoms with Gasteiger partial charge in [0.15, 0.2) is 0 Å². The molecule has 0 atom stereocenters. The zero-order valence-corrected chi connectivity index (χ0v) is 10.3. The lowest BCUT2D eigenvalue weighted by molar-refractivity contribution is -0.140. The van der Waals surface area contributed by atoms with Crippen LogP contribution in [0.2, 0.25) is 5.15 Å². The Balaban J connectivity index is 2.32. The maximum Gasteiger partial charge on any atom is 0.419 e. The van der Waals surface area contributed by atoms with Crippen molar-refractivity contribution in [3.63, 3.8) is 0 Å². The lowest BCUT2D eigenvalue weighted by atomic mass is 10.0. The fraction of sp³-hybridized carbons (Fsp3) is 0.154. The van der Waals surface area contributed by atoms with Gasteiger partial charge in [-0.25, -0.2) is 9.37 Å². The van der Waals surface area contributed by atoms with Crippen molar-refractivity contribution in [2.24, 2.45) is 0 Å². The zero-order chi connectivity index (χ0) is 14.0. The van der Waals surface area contributed by atoms with Crippen LogP contribution in [0.4, 0.5) is 17.6 Å². The molecule has 0 fully saturated rings. The van der Waals surface area contributed by atoms with E-state index in [1.807, 2.05) is 0 Å². The molecule has 0 bridgehead atoms. The molecule has 0 aliphatic heterocycles. The van der Waals surface area contributed by atoms with Crippen molar-refractivity contribution < 1.29 is 17.6 Å².